The molecule has 102 valence electrons. The predicted molar refractivity (Wildman–Crippen MR) is 69.5 cm³/mol. The highest BCUT2D eigenvalue weighted by atomic mass is 32.2. The van der Waals surface area contributed by atoms with Gasteiger partial charge in [-0.15, -0.1) is 0 Å². The Hall–Kier alpha value is -0.950. The second-order valence-corrected chi connectivity index (χ2v) is 6.12. The van der Waals surface area contributed by atoms with E-state index in [9.17, 15) is 8.42 Å². The summed E-state index contributed by atoms with van der Waals surface area (Å²) in [6, 6.07) is 6.93. The molecule has 18 heavy (non-hydrogen) atoms. The first kappa shape index (κ1) is 15.1. The van der Waals surface area contributed by atoms with E-state index >= 15 is 0 Å². The first-order valence-electron chi connectivity index (χ1n) is 5.61. The molecule has 0 saturated heterocycles. The van der Waals surface area contributed by atoms with Crippen LogP contribution in [0.2, 0.25) is 0 Å². The minimum atomic E-state index is -3.34. The molecule has 1 rings (SSSR count). The lowest BCUT2D eigenvalue weighted by atomic mass is 10.1. The van der Waals surface area contributed by atoms with Crippen molar-refractivity contribution in [3.05, 3.63) is 35.4 Å². The molecule has 1 aromatic carbocycles. The third-order valence-corrected chi connectivity index (χ3v) is 4.44. The van der Waals surface area contributed by atoms with E-state index in [0.29, 0.717) is 24.3 Å². The minimum Gasteiger partial charge on any atom is -0.392 e. The summed E-state index contributed by atoms with van der Waals surface area (Å²) in [5.74, 6) is -0.0684. The average molecular weight is 273 g/mol. The number of hydrogen-bond donors (Lipinski definition) is 1. The zero-order valence-electron chi connectivity index (χ0n) is 10.7. The van der Waals surface area contributed by atoms with Gasteiger partial charge in [-0.2, -0.15) is 0 Å². The summed E-state index contributed by atoms with van der Waals surface area (Å²) in [5, 5.41) is 9.01. The number of likely N-dealkylation sites (N-methyl/N-ethyl adjacent to an activating group) is 1. The predicted octanol–water partition coefficient (Wildman–Crippen LogP) is 0.587. The van der Waals surface area contributed by atoms with Gasteiger partial charge in [0.1, 0.15) is 0 Å². The average Bonchev–Trinajstić information content (AvgIpc) is 2.35. The molecule has 0 radical (unpaired) electrons. The molecule has 6 heteroatoms. The number of rotatable bonds is 7. The highest BCUT2D eigenvalue weighted by Crippen LogP contribution is 2.11. The van der Waals surface area contributed by atoms with Crippen molar-refractivity contribution in [3.8, 4) is 0 Å². The number of aliphatic hydroxyl groups excluding tert-OH is 1. The van der Waals surface area contributed by atoms with E-state index in [2.05, 4.69) is 0 Å². The summed E-state index contributed by atoms with van der Waals surface area (Å²) in [7, 11) is -0.274. The van der Waals surface area contributed by atoms with Crippen molar-refractivity contribution in [2.24, 2.45) is 0 Å². The molecular formula is C12H19NO4S. The lowest BCUT2D eigenvalue weighted by molar-refractivity contribution is 0.185. The van der Waals surface area contributed by atoms with E-state index in [1.165, 1.54) is 18.5 Å². The van der Waals surface area contributed by atoms with Crippen molar-refractivity contribution in [3.63, 3.8) is 0 Å². The van der Waals surface area contributed by atoms with Gasteiger partial charge in [-0.25, -0.2) is 12.7 Å². The van der Waals surface area contributed by atoms with Gasteiger partial charge in [-0.1, -0.05) is 24.3 Å². The minimum absolute atomic E-state index is 0.0684. The van der Waals surface area contributed by atoms with E-state index in [4.69, 9.17) is 9.84 Å². The Kier molecular flexibility index (Phi) is 5.74. The largest absolute Gasteiger partial charge is 0.392 e. The Bertz CT molecular complexity index is 473. The van der Waals surface area contributed by atoms with E-state index < -0.39 is 10.0 Å². The smallest absolute Gasteiger partial charge is 0.218 e. The first-order chi connectivity index (χ1) is 8.49. The molecule has 5 nitrogen and oxygen atoms in total. The van der Waals surface area contributed by atoms with Crippen LogP contribution in [0.1, 0.15) is 11.1 Å². The normalized spacial score (nSPS) is 12.0. The molecular weight excluding hydrogens is 254 g/mol. The third-order valence-electron chi connectivity index (χ3n) is 2.61. The van der Waals surface area contributed by atoms with Gasteiger partial charge in [-0.05, 0) is 11.1 Å². The van der Waals surface area contributed by atoms with Crippen molar-refractivity contribution in [2.45, 2.75) is 12.4 Å². The summed E-state index contributed by atoms with van der Waals surface area (Å²) in [5.41, 5.74) is 1.38. The summed E-state index contributed by atoms with van der Waals surface area (Å²) in [6.45, 7) is 0.609. The maximum absolute atomic E-state index is 12.0. The second kappa shape index (κ2) is 6.84. The number of methoxy groups -OCH3 is 1. The highest BCUT2D eigenvalue weighted by Gasteiger charge is 2.18. The Morgan fingerprint density at radius 2 is 2.00 bits per heavy atom. The van der Waals surface area contributed by atoms with Gasteiger partial charge in [0, 0.05) is 20.7 Å². The van der Waals surface area contributed by atoms with Crippen LogP contribution in [0.15, 0.2) is 24.3 Å². The maximum Gasteiger partial charge on any atom is 0.218 e. The fraction of sp³-hybridized carbons (Fsp3) is 0.500. The monoisotopic (exact) mass is 273 g/mol. The molecule has 0 heterocycles. The number of aliphatic hydroxyl groups is 1. The molecule has 0 fully saturated rings. The van der Waals surface area contributed by atoms with Crippen molar-refractivity contribution in [1.29, 1.82) is 0 Å². The standard InChI is InChI=1S/C12H19NO4S/c1-13(6-7-17-2)18(15,16)10-12-5-3-4-11(8-12)9-14/h3-5,8,14H,6-7,9-10H2,1-2H3. The van der Waals surface area contributed by atoms with Crippen LogP contribution in [0.4, 0.5) is 0 Å². The second-order valence-electron chi connectivity index (χ2n) is 4.05. The Balaban J connectivity index is 2.75. The zero-order valence-corrected chi connectivity index (χ0v) is 11.5. The summed E-state index contributed by atoms with van der Waals surface area (Å²) in [6.07, 6.45) is 0. The topological polar surface area (TPSA) is 66.8 Å². The van der Waals surface area contributed by atoms with Gasteiger partial charge >= 0.3 is 0 Å². The SMILES string of the molecule is COCCN(C)S(=O)(=O)Cc1cccc(CO)c1. The van der Waals surface area contributed by atoms with Gasteiger partial charge in [0.05, 0.1) is 19.0 Å². The first-order valence-corrected chi connectivity index (χ1v) is 7.22. The highest BCUT2D eigenvalue weighted by molar-refractivity contribution is 7.88. The Morgan fingerprint density at radius 3 is 2.61 bits per heavy atom. The fourth-order valence-corrected chi connectivity index (χ4v) is 2.67. The number of benzene rings is 1. The van der Waals surface area contributed by atoms with Crippen LogP contribution in [-0.2, 0) is 27.1 Å². The van der Waals surface area contributed by atoms with Gasteiger partial charge < -0.3 is 9.84 Å². The Morgan fingerprint density at radius 1 is 1.33 bits per heavy atom. The van der Waals surface area contributed by atoms with E-state index in [-0.39, 0.29) is 12.4 Å². The lowest BCUT2D eigenvalue weighted by Gasteiger charge is -2.16. The molecule has 0 bridgehead atoms. The van der Waals surface area contributed by atoms with Crippen LogP contribution in [0, 0.1) is 0 Å². The molecule has 0 saturated carbocycles. The van der Waals surface area contributed by atoms with Crippen LogP contribution in [0.3, 0.4) is 0 Å². The van der Waals surface area contributed by atoms with Crippen molar-refractivity contribution >= 4 is 10.0 Å². The van der Waals surface area contributed by atoms with Crippen LogP contribution < -0.4 is 0 Å². The number of hydrogen-bond acceptors (Lipinski definition) is 4. The molecule has 0 amide bonds. The molecule has 0 aromatic heterocycles. The number of ether oxygens (including phenoxy) is 1. The van der Waals surface area contributed by atoms with Crippen LogP contribution in [-0.4, -0.2) is 45.1 Å². The zero-order chi connectivity index (χ0) is 13.6. The summed E-state index contributed by atoms with van der Waals surface area (Å²) < 4.78 is 30.2. The molecule has 0 spiro atoms. The molecule has 0 aliphatic rings. The molecule has 0 aliphatic carbocycles. The molecule has 0 aliphatic heterocycles. The molecule has 1 aromatic rings. The number of sulfonamides is 1. The Labute approximate surface area is 108 Å². The van der Waals surface area contributed by atoms with Gasteiger partial charge in [0.25, 0.3) is 0 Å². The third kappa shape index (κ3) is 4.38. The molecule has 0 atom stereocenters. The molecule has 1 N–H and O–H groups in total. The van der Waals surface area contributed by atoms with Crippen molar-refractivity contribution in [2.75, 3.05) is 27.3 Å². The van der Waals surface area contributed by atoms with E-state index in [1.54, 1.807) is 24.3 Å². The van der Waals surface area contributed by atoms with Crippen molar-refractivity contribution in [1.82, 2.24) is 4.31 Å². The number of nitrogens with zero attached hydrogens (tertiary/aromatic N) is 1. The van der Waals surface area contributed by atoms with Gasteiger partial charge in [0.2, 0.25) is 10.0 Å². The molecule has 0 unspecified atom stereocenters. The van der Waals surface area contributed by atoms with Crippen LogP contribution in [0.5, 0.6) is 0 Å². The quantitative estimate of drug-likeness (QED) is 0.789. The van der Waals surface area contributed by atoms with Crippen LogP contribution >= 0.6 is 0 Å². The van der Waals surface area contributed by atoms with Crippen LogP contribution in [0.25, 0.3) is 0 Å². The van der Waals surface area contributed by atoms with Gasteiger partial charge in [-0.3, -0.25) is 0 Å². The van der Waals surface area contributed by atoms with Crippen molar-refractivity contribution < 1.29 is 18.3 Å². The maximum atomic E-state index is 12.0. The van der Waals surface area contributed by atoms with E-state index in [1.807, 2.05) is 0 Å². The summed E-state index contributed by atoms with van der Waals surface area (Å²) >= 11 is 0. The van der Waals surface area contributed by atoms with E-state index in [0.717, 1.165) is 0 Å². The van der Waals surface area contributed by atoms with Gasteiger partial charge in [0.15, 0.2) is 0 Å². The fourth-order valence-electron chi connectivity index (χ4n) is 1.50. The lowest BCUT2D eigenvalue weighted by Crippen LogP contribution is -2.31. The summed E-state index contributed by atoms with van der Waals surface area (Å²) in [4.78, 5) is 0.